The molecule has 7 nitrogen and oxygen atoms in total. The van der Waals surface area contributed by atoms with E-state index in [0.717, 1.165) is 24.3 Å². The van der Waals surface area contributed by atoms with Gasteiger partial charge in [-0.05, 0) is 53.0 Å². The number of esters is 2. The number of furan rings is 1. The van der Waals surface area contributed by atoms with Gasteiger partial charge in [0.05, 0.1) is 11.6 Å². The Balaban J connectivity index is 1.52. The summed E-state index contributed by atoms with van der Waals surface area (Å²) in [6.07, 6.45) is 4.15. The van der Waals surface area contributed by atoms with Crippen molar-refractivity contribution >= 4 is 45.5 Å². The molecule has 2 aliphatic rings. The Morgan fingerprint density at radius 2 is 1.75 bits per heavy atom. The molecule has 28 heavy (non-hydrogen) atoms. The van der Waals surface area contributed by atoms with Gasteiger partial charge in [0.15, 0.2) is 0 Å². The van der Waals surface area contributed by atoms with Gasteiger partial charge in [0, 0.05) is 30.7 Å². The van der Waals surface area contributed by atoms with Crippen LogP contribution in [-0.2, 0) is 19.1 Å². The van der Waals surface area contributed by atoms with Crippen LogP contribution in [0.15, 0.2) is 44.8 Å². The molecule has 2 aromatic rings. The van der Waals surface area contributed by atoms with Crippen LogP contribution in [0.5, 0.6) is 5.75 Å². The average Bonchev–Trinajstić information content (AvgIpc) is 3.25. The van der Waals surface area contributed by atoms with E-state index in [1.54, 1.807) is 13.2 Å². The molecule has 146 valence electrons. The van der Waals surface area contributed by atoms with Gasteiger partial charge in [-0.1, -0.05) is 0 Å². The first-order chi connectivity index (χ1) is 13.5. The summed E-state index contributed by atoms with van der Waals surface area (Å²) >= 11 is 3.40. The number of ether oxygens (including phenoxy) is 3. The van der Waals surface area contributed by atoms with Crippen molar-refractivity contribution in [1.29, 1.82) is 0 Å². The van der Waals surface area contributed by atoms with E-state index in [-0.39, 0.29) is 5.57 Å². The number of halogens is 1. The van der Waals surface area contributed by atoms with Gasteiger partial charge in [0.25, 0.3) is 5.79 Å². The van der Waals surface area contributed by atoms with Crippen LogP contribution < -0.4 is 10.1 Å². The second kappa shape index (κ2) is 7.35. The minimum Gasteiger partial charge on any atom is -0.497 e. The van der Waals surface area contributed by atoms with Crippen molar-refractivity contribution < 1.29 is 28.2 Å². The highest BCUT2D eigenvalue weighted by molar-refractivity contribution is 9.10. The van der Waals surface area contributed by atoms with Crippen LogP contribution in [0.1, 0.15) is 31.4 Å². The maximum Gasteiger partial charge on any atom is 0.349 e. The molecule has 2 fully saturated rings. The SMILES string of the molecule is COc1ccc(Nc2oc(C=C3C(=O)OC4(CCCC4)OC3=O)cc2Br)cc1. The summed E-state index contributed by atoms with van der Waals surface area (Å²) in [6, 6.07) is 8.95. The summed E-state index contributed by atoms with van der Waals surface area (Å²) in [6.45, 7) is 0. The number of benzene rings is 1. The van der Waals surface area contributed by atoms with Gasteiger partial charge < -0.3 is 23.9 Å². The quantitative estimate of drug-likeness (QED) is 0.417. The largest absolute Gasteiger partial charge is 0.497 e. The summed E-state index contributed by atoms with van der Waals surface area (Å²) in [5.41, 5.74) is 0.601. The lowest BCUT2D eigenvalue weighted by Crippen LogP contribution is -2.44. The normalized spacial score (nSPS) is 18.0. The van der Waals surface area contributed by atoms with E-state index in [9.17, 15) is 9.59 Å². The third-order valence-electron chi connectivity index (χ3n) is 4.70. The third kappa shape index (κ3) is 3.64. The summed E-state index contributed by atoms with van der Waals surface area (Å²) in [4.78, 5) is 24.7. The van der Waals surface area contributed by atoms with E-state index in [0.29, 0.717) is 29.0 Å². The lowest BCUT2D eigenvalue weighted by molar-refractivity contribution is -0.232. The first-order valence-electron chi connectivity index (χ1n) is 8.87. The van der Waals surface area contributed by atoms with Crippen molar-refractivity contribution in [1.82, 2.24) is 0 Å². The van der Waals surface area contributed by atoms with Gasteiger partial charge in [-0.15, -0.1) is 0 Å². The second-order valence-corrected chi connectivity index (χ2v) is 7.49. The summed E-state index contributed by atoms with van der Waals surface area (Å²) in [5, 5.41) is 3.11. The molecule has 1 saturated heterocycles. The first-order valence-corrected chi connectivity index (χ1v) is 9.66. The monoisotopic (exact) mass is 447 g/mol. The van der Waals surface area contributed by atoms with Crippen molar-refractivity contribution in [3.05, 3.63) is 46.1 Å². The Kier molecular flexibility index (Phi) is 4.89. The third-order valence-corrected chi connectivity index (χ3v) is 5.29. The lowest BCUT2D eigenvalue weighted by Gasteiger charge is -2.32. The maximum absolute atomic E-state index is 12.3. The minimum atomic E-state index is -1.09. The topological polar surface area (TPSA) is 87.0 Å². The van der Waals surface area contributed by atoms with Gasteiger partial charge in [-0.25, -0.2) is 9.59 Å². The van der Waals surface area contributed by atoms with Crippen molar-refractivity contribution in [2.45, 2.75) is 31.5 Å². The minimum absolute atomic E-state index is 0.185. The van der Waals surface area contributed by atoms with Gasteiger partial charge in [-0.3, -0.25) is 0 Å². The van der Waals surface area contributed by atoms with Crippen LogP contribution in [0.4, 0.5) is 11.6 Å². The highest BCUT2D eigenvalue weighted by Gasteiger charge is 2.48. The zero-order chi connectivity index (χ0) is 19.7. The van der Waals surface area contributed by atoms with Crippen molar-refractivity contribution in [2.75, 3.05) is 12.4 Å². The van der Waals surface area contributed by atoms with E-state index in [1.165, 1.54) is 6.08 Å². The number of carbonyl (C=O) groups is 2. The first kappa shape index (κ1) is 18.6. The molecule has 1 aliphatic carbocycles. The number of methoxy groups -OCH3 is 1. The Morgan fingerprint density at radius 1 is 1.11 bits per heavy atom. The predicted molar refractivity (Wildman–Crippen MR) is 104 cm³/mol. The summed E-state index contributed by atoms with van der Waals surface area (Å²) in [5.74, 6) is -0.971. The summed E-state index contributed by atoms with van der Waals surface area (Å²) < 4.78 is 22.3. The fraction of sp³-hybridized carbons (Fsp3) is 0.300. The standard InChI is InChI=1S/C20H18BrNO6/c1-25-13-6-4-12(5-7-13)22-17-16(21)11-14(26-17)10-15-18(23)27-20(28-19(15)24)8-2-3-9-20/h4-7,10-11,22H,2-3,8-9H2,1H3. The van der Waals surface area contributed by atoms with E-state index in [2.05, 4.69) is 21.2 Å². The van der Waals surface area contributed by atoms with Crippen LogP contribution in [0.2, 0.25) is 0 Å². The van der Waals surface area contributed by atoms with Crippen LogP contribution in [-0.4, -0.2) is 24.8 Å². The van der Waals surface area contributed by atoms with Crippen molar-refractivity contribution in [2.24, 2.45) is 0 Å². The van der Waals surface area contributed by atoms with Crippen LogP contribution in [0, 0.1) is 0 Å². The number of anilines is 2. The average molecular weight is 448 g/mol. The molecule has 1 spiro atoms. The fourth-order valence-electron chi connectivity index (χ4n) is 3.28. The highest BCUT2D eigenvalue weighted by Crippen LogP contribution is 2.39. The Labute approximate surface area is 169 Å². The Hall–Kier alpha value is -2.74. The zero-order valence-corrected chi connectivity index (χ0v) is 16.7. The molecule has 4 rings (SSSR count). The van der Waals surface area contributed by atoms with E-state index in [1.807, 2.05) is 24.3 Å². The summed E-state index contributed by atoms with van der Waals surface area (Å²) in [7, 11) is 1.60. The van der Waals surface area contributed by atoms with E-state index < -0.39 is 17.7 Å². The zero-order valence-electron chi connectivity index (χ0n) is 15.1. The van der Waals surface area contributed by atoms with E-state index >= 15 is 0 Å². The molecular formula is C20H18BrNO6. The molecule has 1 aromatic carbocycles. The lowest BCUT2D eigenvalue weighted by atomic mass is 10.1. The number of nitrogens with one attached hydrogen (secondary N) is 1. The van der Waals surface area contributed by atoms with Crippen molar-refractivity contribution in [3.63, 3.8) is 0 Å². The number of carbonyl (C=O) groups excluding carboxylic acids is 2. The highest BCUT2D eigenvalue weighted by atomic mass is 79.9. The van der Waals surface area contributed by atoms with Crippen LogP contribution in [0.3, 0.4) is 0 Å². The van der Waals surface area contributed by atoms with Crippen LogP contribution >= 0.6 is 15.9 Å². The Morgan fingerprint density at radius 3 is 2.36 bits per heavy atom. The smallest absolute Gasteiger partial charge is 0.349 e. The Bertz CT molecular complexity index is 918. The predicted octanol–water partition coefficient (Wildman–Crippen LogP) is 4.55. The molecule has 1 saturated carbocycles. The van der Waals surface area contributed by atoms with Crippen molar-refractivity contribution in [3.8, 4) is 5.75 Å². The maximum atomic E-state index is 12.3. The van der Waals surface area contributed by atoms with Gasteiger partial charge in [-0.2, -0.15) is 0 Å². The number of hydrogen-bond acceptors (Lipinski definition) is 7. The fourth-order valence-corrected chi connectivity index (χ4v) is 3.68. The van der Waals surface area contributed by atoms with Gasteiger partial charge >= 0.3 is 11.9 Å². The molecule has 0 bridgehead atoms. The molecule has 0 atom stereocenters. The van der Waals surface area contributed by atoms with Gasteiger partial charge in [0.1, 0.15) is 17.1 Å². The molecule has 1 aliphatic heterocycles. The molecule has 0 radical (unpaired) electrons. The number of hydrogen-bond donors (Lipinski definition) is 1. The van der Waals surface area contributed by atoms with Crippen LogP contribution in [0.25, 0.3) is 6.08 Å². The molecule has 8 heteroatoms. The molecule has 1 aromatic heterocycles. The number of rotatable bonds is 4. The molecule has 2 heterocycles. The molecule has 0 unspecified atom stereocenters. The van der Waals surface area contributed by atoms with E-state index in [4.69, 9.17) is 18.6 Å². The second-order valence-electron chi connectivity index (χ2n) is 6.63. The van der Waals surface area contributed by atoms with Gasteiger partial charge in [0.2, 0.25) is 5.88 Å². The molecule has 1 N–H and O–H groups in total. The molecular weight excluding hydrogens is 430 g/mol. The molecule has 0 amide bonds.